The third kappa shape index (κ3) is 6.69. The van der Waals surface area contributed by atoms with E-state index in [2.05, 4.69) is 9.88 Å². The van der Waals surface area contributed by atoms with Crippen molar-refractivity contribution in [1.82, 2.24) is 14.9 Å². The van der Waals surface area contributed by atoms with Gasteiger partial charge < -0.3 is 24.1 Å². The molecule has 1 unspecified atom stereocenters. The van der Waals surface area contributed by atoms with Crippen molar-refractivity contribution in [2.24, 2.45) is 0 Å². The molecule has 1 aromatic heterocycles. The van der Waals surface area contributed by atoms with Crippen LogP contribution in [0, 0.1) is 0 Å². The van der Waals surface area contributed by atoms with Gasteiger partial charge in [-0.1, -0.05) is 11.8 Å². The molecule has 0 radical (unpaired) electrons. The Balaban J connectivity index is 1.69. The van der Waals surface area contributed by atoms with Crippen molar-refractivity contribution in [2.45, 2.75) is 50.9 Å². The highest BCUT2D eigenvalue weighted by molar-refractivity contribution is 7.99. The van der Waals surface area contributed by atoms with Crippen LogP contribution < -0.4 is 5.32 Å². The maximum absolute atomic E-state index is 12.3. The van der Waals surface area contributed by atoms with Gasteiger partial charge >= 0.3 is 5.97 Å². The van der Waals surface area contributed by atoms with E-state index in [0.717, 1.165) is 43.1 Å². The smallest absolute Gasteiger partial charge is 0.338 e. The fraction of sp³-hybridized carbons (Fsp3) is 0.591. The summed E-state index contributed by atoms with van der Waals surface area (Å²) in [5, 5.41) is 3.69. The number of aryl methyl sites for hydroxylation is 1. The molecule has 8 nitrogen and oxygen atoms in total. The number of benzene rings is 1. The van der Waals surface area contributed by atoms with Crippen LogP contribution in [0.15, 0.2) is 23.4 Å². The molecule has 1 fully saturated rings. The minimum atomic E-state index is -0.363. The number of fused-ring (bicyclic) bond motifs is 1. The number of amides is 1. The molecule has 0 aliphatic carbocycles. The van der Waals surface area contributed by atoms with Crippen LogP contribution in [-0.4, -0.2) is 66.3 Å². The molecule has 1 aromatic carbocycles. The summed E-state index contributed by atoms with van der Waals surface area (Å²) in [7, 11) is 0. The first kappa shape index (κ1) is 23.6. The zero-order valence-electron chi connectivity index (χ0n) is 18.2. The lowest BCUT2D eigenvalue weighted by Crippen LogP contribution is -2.32. The largest absolute Gasteiger partial charge is 0.462 e. The molecule has 1 amide bonds. The first-order chi connectivity index (χ1) is 15.1. The lowest BCUT2D eigenvalue weighted by molar-refractivity contribution is -0.119. The van der Waals surface area contributed by atoms with Crippen LogP contribution in [0.4, 0.5) is 0 Å². The Bertz CT molecular complexity index is 879. The number of rotatable bonds is 12. The average Bonchev–Trinajstić information content (AvgIpc) is 3.41. The number of hydrogen-bond donors (Lipinski definition) is 1. The van der Waals surface area contributed by atoms with E-state index in [1.165, 1.54) is 11.8 Å². The van der Waals surface area contributed by atoms with Crippen molar-refractivity contribution >= 4 is 34.7 Å². The van der Waals surface area contributed by atoms with Crippen molar-refractivity contribution in [3.05, 3.63) is 23.8 Å². The molecule has 1 atom stereocenters. The number of carbonyl (C=O) groups excluding carboxylic acids is 2. The third-order valence-corrected chi connectivity index (χ3v) is 5.96. The van der Waals surface area contributed by atoms with E-state index in [1.807, 2.05) is 13.0 Å². The van der Waals surface area contributed by atoms with Crippen molar-refractivity contribution < 1.29 is 23.8 Å². The molecule has 2 aromatic rings. The Morgan fingerprint density at radius 3 is 2.94 bits per heavy atom. The van der Waals surface area contributed by atoms with E-state index in [0.29, 0.717) is 37.4 Å². The Labute approximate surface area is 187 Å². The number of nitrogens with one attached hydrogen (secondary N) is 1. The molecule has 31 heavy (non-hydrogen) atoms. The van der Waals surface area contributed by atoms with Gasteiger partial charge in [-0.25, -0.2) is 9.78 Å². The van der Waals surface area contributed by atoms with Gasteiger partial charge in [-0.15, -0.1) is 0 Å². The number of hydrogen-bond acceptors (Lipinski definition) is 7. The normalized spacial score (nSPS) is 16.0. The molecule has 0 saturated carbocycles. The molecule has 9 heteroatoms. The average molecular weight is 450 g/mol. The summed E-state index contributed by atoms with van der Waals surface area (Å²) in [6.07, 6.45) is 3.00. The molecular formula is C22H31N3O5S. The molecule has 0 bridgehead atoms. The molecule has 3 rings (SSSR count). The number of imidazole rings is 1. The van der Waals surface area contributed by atoms with Crippen LogP contribution >= 0.6 is 11.8 Å². The molecule has 1 N–H and O–H groups in total. The van der Waals surface area contributed by atoms with E-state index in [1.54, 1.807) is 19.1 Å². The van der Waals surface area contributed by atoms with Gasteiger partial charge in [0.15, 0.2) is 5.16 Å². The quantitative estimate of drug-likeness (QED) is 0.302. The van der Waals surface area contributed by atoms with Crippen molar-refractivity contribution in [3.8, 4) is 0 Å². The zero-order chi connectivity index (χ0) is 22.1. The van der Waals surface area contributed by atoms with Crippen LogP contribution in [0.3, 0.4) is 0 Å². The fourth-order valence-corrected chi connectivity index (χ4v) is 4.33. The molecular weight excluding hydrogens is 418 g/mol. The number of aromatic nitrogens is 2. The van der Waals surface area contributed by atoms with Gasteiger partial charge in [0.1, 0.15) is 0 Å². The minimum Gasteiger partial charge on any atom is -0.462 e. The van der Waals surface area contributed by atoms with Crippen LogP contribution in [0.5, 0.6) is 0 Å². The topological polar surface area (TPSA) is 91.7 Å². The van der Waals surface area contributed by atoms with Gasteiger partial charge in [0.25, 0.3) is 0 Å². The first-order valence-corrected chi connectivity index (χ1v) is 11.9. The Kier molecular flexibility index (Phi) is 9.17. The molecule has 170 valence electrons. The number of esters is 1. The summed E-state index contributed by atoms with van der Waals surface area (Å²) in [6.45, 7) is 7.45. The molecule has 2 heterocycles. The number of carbonyl (C=O) groups is 2. The molecule has 0 spiro atoms. The third-order valence-electron chi connectivity index (χ3n) is 4.98. The van der Waals surface area contributed by atoms with Crippen LogP contribution in [0.1, 0.15) is 43.5 Å². The summed E-state index contributed by atoms with van der Waals surface area (Å²) in [4.78, 5) is 29.1. The lowest BCUT2D eigenvalue weighted by Gasteiger charge is -2.11. The van der Waals surface area contributed by atoms with Gasteiger partial charge in [0.05, 0.1) is 35.1 Å². The van der Waals surface area contributed by atoms with E-state index in [4.69, 9.17) is 19.2 Å². The van der Waals surface area contributed by atoms with Gasteiger partial charge in [-0.05, 0) is 51.3 Å². The van der Waals surface area contributed by atoms with Crippen LogP contribution in [0.25, 0.3) is 11.0 Å². The van der Waals surface area contributed by atoms with E-state index < -0.39 is 0 Å². The van der Waals surface area contributed by atoms with Gasteiger partial charge in [0.2, 0.25) is 5.91 Å². The van der Waals surface area contributed by atoms with Crippen LogP contribution in [-0.2, 0) is 25.5 Å². The minimum absolute atomic E-state index is 0.0411. The van der Waals surface area contributed by atoms with Crippen LogP contribution in [0.2, 0.25) is 0 Å². The summed E-state index contributed by atoms with van der Waals surface area (Å²) in [5.41, 5.74) is 2.11. The summed E-state index contributed by atoms with van der Waals surface area (Å²) < 4.78 is 18.2. The predicted octanol–water partition coefficient (Wildman–Crippen LogP) is 3.03. The second-order valence-electron chi connectivity index (χ2n) is 7.25. The summed E-state index contributed by atoms with van der Waals surface area (Å²) in [5.74, 6) is -0.134. The predicted molar refractivity (Wildman–Crippen MR) is 120 cm³/mol. The molecule has 1 aliphatic rings. The maximum Gasteiger partial charge on any atom is 0.338 e. The van der Waals surface area contributed by atoms with Crippen molar-refractivity contribution in [1.29, 1.82) is 0 Å². The number of ether oxygens (including phenoxy) is 3. The van der Waals surface area contributed by atoms with E-state index in [9.17, 15) is 9.59 Å². The molecule has 1 saturated heterocycles. The number of nitrogens with zero attached hydrogens (tertiary/aromatic N) is 2. The maximum atomic E-state index is 12.3. The Hall–Kier alpha value is -2.10. The zero-order valence-corrected chi connectivity index (χ0v) is 19.0. The Morgan fingerprint density at radius 2 is 2.19 bits per heavy atom. The fourth-order valence-electron chi connectivity index (χ4n) is 3.46. The summed E-state index contributed by atoms with van der Waals surface area (Å²) in [6, 6.07) is 5.38. The van der Waals surface area contributed by atoms with E-state index in [-0.39, 0.29) is 23.7 Å². The highest BCUT2D eigenvalue weighted by atomic mass is 32.2. The highest BCUT2D eigenvalue weighted by Gasteiger charge is 2.18. The monoisotopic (exact) mass is 449 g/mol. The standard InChI is InChI=1S/C22H31N3O5S/c1-3-28-11-6-10-25-19-9-8-16(21(27)29-4-2)13-18(19)24-22(25)31-15-20(26)23-14-17-7-5-12-30-17/h8-9,13,17H,3-7,10-12,14-15H2,1-2H3,(H,23,26). The van der Waals surface area contributed by atoms with Gasteiger partial charge in [-0.2, -0.15) is 0 Å². The SMILES string of the molecule is CCOCCCn1c(SCC(=O)NCC2CCCO2)nc2cc(C(=O)OCC)ccc21. The van der Waals surface area contributed by atoms with Crippen molar-refractivity contribution in [3.63, 3.8) is 0 Å². The second kappa shape index (κ2) is 12.1. The van der Waals surface area contributed by atoms with Gasteiger partial charge in [-0.3, -0.25) is 4.79 Å². The van der Waals surface area contributed by atoms with Gasteiger partial charge in [0, 0.05) is 32.9 Å². The molecule has 1 aliphatic heterocycles. The Morgan fingerprint density at radius 1 is 1.32 bits per heavy atom. The van der Waals surface area contributed by atoms with E-state index >= 15 is 0 Å². The lowest BCUT2D eigenvalue weighted by atomic mass is 10.2. The number of thioether (sulfide) groups is 1. The first-order valence-electron chi connectivity index (χ1n) is 10.9. The van der Waals surface area contributed by atoms with Crippen molar-refractivity contribution in [2.75, 3.05) is 38.7 Å². The summed E-state index contributed by atoms with van der Waals surface area (Å²) >= 11 is 1.39. The second-order valence-corrected chi connectivity index (χ2v) is 8.19. The highest BCUT2D eigenvalue weighted by Crippen LogP contribution is 2.26.